The van der Waals surface area contributed by atoms with Gasteiger partial charge in [0, 0.05) is 6.54 Å². The Morgan fingerprint density at radius 3 is 2.32 bits per heavy atom. The molecule has 1 aromatic carbocycles. The van der Waals surface area contributed by atoms with Gasteiger partial charge in [0.15, 0.2) is 17.6 Å². The van der Waals surface area contributed by atoms with Crippen LogP contribution in [0.5, 0.6) is 17.2 Å². The molecular weight excluding hydrogens is 370 g/mol. The number of nitrogens with zero attached hydrogens (tertiary/aromatic N) is 1. The van der Waals surface area contributed by atoms with Crippen molar-refractivity contribution in [1.82, 2.24) is 4.90 Å². The lowest BCUT2D eigenvalue weighted by Gasteiger charge is -2.27. The monoisotopic (exact) mass is 399 g/mol. The summed E-state index contributed by atoms with van der Waals surface area (Å²) in [4.78, 5) is 20.6. The Balaban J connectivity index is 0.000000568. The highest BCUT2D eigenvalue weighted by Gasteiger charge is 2.23. The molecule has 2 rings (SSSR count). The molecule has 1 atom stereocenters. The van der Waals surface area contributed by atoms with Crippen LogP contribution in [0.15, 0.2) is 18.2 Å². The number of aliphatic carboxylic acids is 2. The minimum absolute atomic E-state index is 0.0481. The van der Waals surface area contributed by atoms with Gasteiger partial charge in [-0.05, 0) is 38.1 Å². The molecule has 28 heavy (non-hydrogen) atoms. The highest BCUT2D eigenvalue weighted by atomic mass is 16.6. The zero-order chi connectivity index (χ0) is 20.9. The first-order valence-electron chi connectivity index (χ1n) is 9.27. The van der Waals surface area contributed by atoms with Crippen LogP contribution in [-0.2, 0) is 9.59 Å². The van der Waals surface area contributed by atoms with E-state index in [-0.39, 0.29) is 12.7 Å². The second-order valence-electron chi connectivity index (χ2n) is 6.12. The van der Waals surface area contributed by atoms with Gasteiger partial charge in [-0.25, -0.2) is 9.59 Å². The molecule has 0 saturated carbocycles. The maximum absolute atomic E-state index is 9.15. The molecule has 0 bridgehead atoms. The van der Waals surface area contributed by atoms with E-state index in [1.807, 2.05) is 18.2 Å². The molecule has 0 spiro atoms. The molecule has 0 fully saturated rings. The molecule has 3 N–H and O–H groups in total. The third-order valence-electron chi connectivity index (χ3n) is 3.78. The molecule has 1 unspecified atom stereocenters. The Morgan fingerprint density at radius 2 is 1.79 bits per heavy atom. The molecule has 0 radical (unpaired) electrons. The summed E-state index contributed by atoms with van der Waals surface area (Å²) in [6.45, 7) is 8.42. The van der Waals surface area contributed by atoms with Gasteiger partial charge in [-0.3, -0.25) is 4.90 Å². The Labute approximate surface area is 164 Å². The molecule has 0 amide bonds. The minimum atomic E-state index is -1.82. The van der Waals surface area contributed by atoms with Crippen molar-refractivity contribution in [2.75, 3.05) is 39.5 Å². The second kappa shape index (κ2) is 12.8. The number of fused-ring (bicyclic) bond motifs is 1. The van der Waals surface area contributed by atoms with Crippen LogP contribution in [0.1, 0.15) is 26.7 Å². The molecule has 158 valence electrons. The lowest BCUT2D eigenvalue weighted by atomic mass is 10.2. The fourth-order valence-electron chi connectivity index (χ4n) is 2.58. The molecule has 1 aromatic rings. The van der Waals surface area contributed by atoms with Crippen molar-refractivity contribution in [2.24, 2.45) is 0 Å². The van der Waals surface area contributed by atoms with Crippen molar-refractivity contribution in [3.8, 4) is 17.2 Å². The Hall–Kier alpha value is -2.52. The average Bonchev–Trinajstić information content (AvgIpc) is 2.68. The van der Waals surface area contributed by atoms with Gasteiger partial charge >= 0.3 is 11.9 Å². The van der Waals surface area contributed by atoms with E-state index in [4.69, 9.17) is 39.1 Å². The maximum Gasteiger partial charge on any atom is 0.414 e. The molecule has 0 aliphatic carbocycles. The van der Waals surface area contributed by atoms with Crippen LogP contribution in [0, 0.1) is 0 Å². The van der Waals surface area contributed by atoms with E-state index >= 15 is 0 Å². The number of hydrogen-bond donors (Lipinski definition) is 3. The smallest absolute Gasteiger partial charge is 0.414 e. The fraction of sp³-hybridized carbons (Fsp3) is 0.579. The lowest BCUT2D eigenvalue weighted by Crippen LogP contribution is -2.32. The Morgan fingerprint density at radius 1 is 1.14 bits per heavy atom. The van der Waals surface area contributed by atoms with E-state index in [2.05, 4.69) is 18.7 Å². The van der Waals surface area contributed by atoms with E-state index in [0.29, 0.717) is 30.5 Å². The van der Waals surface area contributed by atoms with E-state index in [9.17, 15) is 0 Å². The minimum Gasteiger partial charge on any atom is -0.488 e. The number of ether oxygens (including phenoxy) is 3. The van der Waals surface area contributed by atoms with Gasteiger partial charge in [-0.15, -0.1) is 0 Å². The van der Waals surface area contributed by atoms with E-state index in [1.165, 1.54) is 0 Å². The number of aliphatic hydroxyl groups is 1. The predicted octanol–water partition coefficient (Wildman–Crippen LogP) is 1.48. The summed E-state index contributed by atoms with van der Waals surface area (Å²) in [6.07, 6.45) is 2.01. The normalized spacial score (nSPS) is 14.8. The highest BCUT2D eigenvalue weighted by molar-refractivity contribution is 6.27. The molecule has 0 aromatic heterocycles. The fourth-order valence-corrected chi connectivity index (χ4v) is 2.58. The number of carbonyl (C=O) groups is 2. The van der Waals surface area contributed by atoms with Crippen LogP contribution in [0.3, 0.4) is 0 Å². The highest BCUT2D eigenvalue weighted by Crippen LogP contribution is 2.40. The van der Waals surface area contributed by atoms with Gasteiger partial charge in [0.25, 0.3) is 0 Å². The second-order valence-corrected chi connectivity index (χ2v) is 6.12. The maximum atomic E-state index is 9.15. The summed E-state index contributed by atoms with van der Waals surface area (Å²) in [5.41, 5.74) is 0. The van der Waals surface area contributed by atoms with Gasteiger partial charge in [0.05, 0.1) is 6.61 Å². The van der Waals surface area contributed by atoms with Gasteiger partial charge < -0.3 is 29.5 Å². The summed E-state index contributed by atoms with van der Waals surface area (Å²) in [5, 5.41) is 23.9. The number of benzene rings is 1. The third-order valence-corrected chi connectivity index (χ3v) is 3.78. The molecule has 1 aliphatic heterocycles. The molecule has 0 saturated heterocycles. The van der Waals surface area contributed by atoms with Gasteiger partial charge in [0.2, 0.25) is 5.75 Å². The summed E-state index contributed by atoms with van der Waals surface area (Å²) in [5.74, 6) is -1.65. The van der Waals surface area contributed by atoms with Crippen LogP contribution in [-0.4, -0.2) is 77.7 Å². The molecular formula is C19H29NO8. The quantitative estimate of drug-likeness (QED) is 0.529. The van der Waals surface area contributed by atoms with E-state index in [0.717, 1.165) is 32.5 Å². The van der Waals surface area contributed by atoms with Crippen molar-refractivity contribution in [1.29, 1.82) is 0 Å². The number of para-hydroxylation sites is 1. The van der Waals surface area contributed by atoms with Gasteiger partial charge in [-0.2, -0.15) is 0 Å². The Kier molecular flexibility index (Phi) is 10.7. The summed E-state index contributed by atoms with van der Waals surface area (Å²) in [6, 6.07) is 5.61. The van der Waals surface area contributed by atoms with Crippen molar-refractivity contribution in [3.63, 3.8) is 0 Å². The SMILES string of the molecule is CCCN(CCC)CCOc1cccc2c1OCC(CO)O2.O=C(O)C(=O)O. The van der Waals surface area contributed by atoms with Crippen molar-refractivity contribution in [3.05, 3.63) is 18.2 Å². The number of hydrogen-bond acceptors (Lipinski definition) is 7. The van der Waals surface area contributed by atoms with E-state index < -0.39 is 11.9 Å². The molecule has 9 heteroatoms. The molecule has 1 heterocycles. The zero-order valence-corrected chi connectivity index (χ0v) is 16.3. The average molecular weight is 399 g/mol. The first-order valence-corrected chi connectivity index (χ1v) is 9.27. The number of aliphatic hydroxyl groups excluding tert-OH is 1. The first kappa shape index (κ1) is 23.5. The number of carboxylic acids is 2. The predicted molar refractivity (Wildman–Crippen MR) is 101 cm³/mol. The van der Waals surface area contributed by atoms with Crippen molar-refractivity contribution < 1.29 is 39.1 Å². The van der Waals surface area contributed by atoms with Crippen LogP contribution in [0.25, 0.3) is 0 Å². The number of carboxylic acid groups (broad SMARTS) is 2. The third kappa shape index (κ3) is 8.01. The van der Waals surface area contributed by atoms with Crippen LogP contribution in [0.2, 0.25) is 0 Å². The zero-order valence-electron chi connectivity index (χ0n) is 16.3. The summed E-state index contributed by atoms with van der Waals surface area (Å²) in [7, 11) is 0. The molecule has 9 nitrogen and oxygen atoms in total. The lowest BCUT2D eigenvalue weighted by molar-refractivity contribution is -0.159. The summed E-state index contributed by atoms with van der Waals surface area (Å²) >= 11 is 0. The van der Waals surface area contributed by atoms with Crippen molar-refractivity contribution >= 4 is 11.9 Å². The van der Waals surface area contributed by atoms with Crippen molar-refractivity contribution in [2.45, 2.75) is 32.8 Å². The largest absolute Gasteiger partial charge is 0.488 e. The summed E-state index contributed by atoms with van der Waals surface area (Å²) < 4.78 is 17.2. The van der Waals surface area contributed by atoms with Crippen LogP contribution < -0.4 is 14.2 Å². The van der Waals surface area contributed by atoms with Crippen LogP contribution >= 0.6 is 0 Å². The first-order chi connectivity index (χ1) is 13.4. The van der Waals surface area contributed by atoms with Gasteiger partial charge in [-0.1, -0.05) is 19.9 Å². The topological polar surface area (TPSA) is 126 Å². The molecule has 1 aliphatic rings. The van der Waals surface area contributed by atoms with Gasteiger partial charge in [0.1, 0.15) is 13.2 Å². The Bertz CT molecular complexity index is 604. The van der Waals surface area contributed by atoms with E-state index in [1.54, 1.807) is 0 Å². The number of rotatable bonds is 9. The van der Waals surface area contributed by atoms with Crippen LogP contribution in [0.4, 0.5) is 0 Å². The standard InChI is InChI=1S/C17H27NO4.C2H2O4/c1-3-8-18(9-4-2)10-11-20-15-6-5-7-16-17(15)21-13-14(12-19)22-16;3-1(4)2(5)6/h5-7,14,19H,3-4,8-13H2,1-2H3;(H,3,4)(H,5,6).